The number of carboxylic acid groups (broad SMARTS) is 1. The van der Waals surface area contributed by atoms with Crippen LogP contribution in [0.15, 0.2) is 18.2 Å². The molecule has 0 bridgehead atoms. The van der Waals surface area contributed by atoms with Crippen molar-refractivity contribution in [3.8, 4) is 0 Å². The van der Waals surface area contributed by atoms with Gasteiger partial charge in [-0.15, -0.1) is 12.4 Å². The highest BCUT2D eigenvalue weighted by molar-refractivity contribution is 5.85. The molecule has 0 saturated carbocycles. The summed E-state index contributed by atoms with van der Waals surface area (Å²) in [6, 6.07) is 3.25. The largest absolute Gasteiger partial charge is 0.481 e. The number of halogens is 3. The van der Waals surface area contributed by atoms with E-state index in [2.05, 4.69) is 5.32 Å². The van der Waals surface area contributed by atoms with E-state index >= 15 is 0 Å². The topological polar surface area (TPSA) is 69.6 Å². The fraction of sp³-hybridized carbons (Fsp3) is 0.529. The van der Waals surface area contributed by atoms with Gasteiger partial charge in [0.1, 0.15) is 11.6 Å². The molecule has 2 atom stereocenters. The second-order valence-electron chi connectivity index (χ2n) is 6.29. The lowest BCUT2D eigenvalue weighted by Gasteiger charge is -2.30. The van der Waals surface area contributed by atoms with Crippen LogP contribution in [-0.2, 0) is 16.0 Å². The maximum Gasteiger partial charge on any atom is 0.307 e. The van der Waals surface area contributed by atoms with Crippen LogP contribution in [0.25, 0.3) is 0 Å². The highest BCUT2D eigenvalue weighted by atomic mass is 35.5. The van der Waals surface area contributed by atoms with Crippen LogP contribution in [0.5, 0.6) is 0 Å². The number of likely N-dealkylation sites (tertiary alicyclic amines) is 1. The molecule has 2 unspecified atom stereocenters. The van der Waals surface area contributed by atoms with Gasteiger partial charge in [-0.25, -0.2) is 8.78 Å². The smallest absolute Gasteiger partial charge is 0.307 e. The van der Waals surface area contributed by atoms with E-state index in [-0.39, 0.29) is 36.8 Å². The first kappa shape index (κ1) is 21.3. The maximum absolute atomic E-state index is 13.6. The molecule has 8 heteroatoms. The van der Waals surface area contributed by atoms with E-state index in [0.717, 1.165) is 6.42 Å². The van der Waals surface area contributed by atoms with Crippen molar-refractivity contribution in [3.63, 3.8) is 0 Å². The van der Waals surface area contributed by atoms with Crippen LogP contribution in [0.3, 0.4) is 0 Å². The molecule has 1 saturated heterocycles. The molecule has 5 nitrogen and oxygen atoms in total. The minimum atomic E-state index is -0.844. The Morgan fingerprint density at radius 3 is 2.60 bits per heavy atom. The zero-order valence-corrected chi connectivity index (χ0v) is 14.8. The Bertz CT molecular complexity index is 595. The van der Waals surface area contributed by atoms with Crippen molar-refractivity contribution in [2.24, 2.45) is 5.92 Å². The quantitative estimate of drug-likeness (QED) is 0.798. The van der Waals surface area contributed by atoms with E-state index in [1.54, 1.807) is 11.8 Å². The van der Waals surface area contributed by atoms with Gasteiger partial charge in [0.2, 0.25) is 5.91 Å². The molecule has 0 aromatic heterocycles. The number of amides is 1. The number of rotatable bonds is 6. The first-order chi connectivity index (χ1) is 11.4. The molecule has 1 aromatic carbocycles. The average Bonchev–Trinajstić information content (AvgIpc) is 2.51. The highest BCUT2D eigenvalue weighted by Gasteiger charge is 2.26. The second kappa shape index (κ2) is 9.68. The lowest BCUT2D eigenvalue weighted by Crippen LogP contribution is -2.46. The third-order valence-electron chi connectivity index (χ3n) is 4.20. The number of piperidine rings is 1. The van der Waals surface area contributed by atoms with Gasteiger partial charge in [0.25, 0.3) is 0 Å². The Kier molecular flexibility index (Phi) is 8.25. The number of hydrogen-bond donors (Lipinski definition) is 2. The summed E-state index contributed by atoms with van der Waals surface area (Å²) in [6.07, 6.45) is 1.42. The predicted octanol–water partition coefficient (Wildman–Crippen LogP) is 2.23. The Morgan fingerprint density at radius 1 is 1.36 bits per heavy atom. The third-order valence-corrected chi connectivity index (χ3v) is 4.20. The molecule has 1 aromatic rings. The summed E-state index contributed by atoms with van der Waals surface area (Å²) in [5.41, 5.74) is -0.0470. The van der Waals surface area contributed by atoms with Gasteiger partial charge < -0.3 is 10.4 Å². The molecule has 1 heterocycles. The zero-order valence-electron chi connectivity index (χ0n) is 14.0. The normalized spacial score (nSPS) is 18.9. The first-order valence-corrected chi connectivity index (χ1v) is 8.04. The van der Waals surface area contributed by atoms with Gasteiger partial charge in [-0.1, -0.05) is 6.07 Å². The Balaban J connectivity index is 0.00000312. The van der Waals surface area contributed by atoms with Crippen molar-refractivity contribution < 1.29 is 23.5 Å². The van der Waals surface area contributed by atoms with Gasteiger partial charge >= 0.3 is 5.97 Å². The maximum atomic E-state index is 13.6. The second-order valence-corrected chi connectivity index (χ2v) is 6.29. The molecular weight excluding hydrogens is 354 g/mol. The number of aliphatic carboxylic acids is 1. The summed E-state index contributed by atoms with van der Waals surface area (Å²) >= 11 is 0. The summed E-state index contributed by atoms with van der Waals surface area (Å²) in [5.74, 6) is -2.82. The van der Waals surface area contributed by atoms with Gasteiger partial charge in [-0.05, 0) is 44.9 Å². The molecule has 1 amide bonds. The van der Waals surface area contributed by atoms with E-state index in [0.29, 0.717) is 19.5 Å². The molecule has 0 radical (unpaired) electrons. The third kappa shape index (κ3) is 6.25. The van der Waals surface area contributed by atoms with E-state index in [1.807, 2.05) is 0 Å². The standard InChI is InChI=1S/C17H22F2N2O3.ClH/c1-11(8-13-14(18)5-2-6-15(13)19)20-16(22)10-21-7-3-4-12(9-21)17(23)24;/h2,5-6,11-12H,3-4,7-10H2,1H3,(H,20,22)(H,23,24);1H. The van der Waals surface area contributed by atoms with E-state index in [1.165, 1.54) is 18.2 Å². The van der Waals surface area contributed by atoms with Crippen LogP contribution in [0.4, 0.5) is 8.78 Å². The van der Waals surface area contributed by atoms with Crippen molar-refractivity contribution in [1.82, 2.24) is 10.2 Å². The van der Waals surface area contributed by atoms with Crippen molar-refractivity contribution in [2.45, 2.75) is 32.2 Å². The number of carbonyl (C=O) groups is 2. The number of hydrogen-bond acceptors (Lipinski definition) is 3. The summed E-state index contributed by atoms with van der Waals surface area (Å²) in [4.78, 5) is 24.9. The molecule has 140 valence electrons. The summed E-state index contributed by atoms with van der Waals surface area (Å²) in [7, 11) is 0. The monoisotopic (exact) mass is 376 g/mol. The Morgan fingerprint density at radius 2 is 2.00 bits per heavy atom. The summed E-state index contributed by atoms with van der Waals surface area (Å²) in [5, 5.41) is 11.8. The molecule has 1 aliphatic rings. The van der Waals surface area contributed by atoms with Crippen LogP contribution >= 0.6 is 12.4 Å². The van der Waals surface area contributed by atoms with Gasteiger partial charge in [0, 0.05) is 18.2 Å². The van der Waals surface area contributed by atoms with Crippen LogP contribution in [0.1, 0.15) is 25.3 Å². The van der Waals surface area contributed by atoms with Gasteiger partial charge in [-0.2, -0.15) is 0 Å². The lowest BCUT2D eigenvalue weighted by atomic mass is 9.98. The summed E-state index contributed by atoms with van der Waals surface area (Å²) < 4.78 is 27.2. The number of benzene rings is 1. The fourth-order valence-electron chi connectivity index (χ4n) is 3.01. The van der Waals surface area contributed by atoms with Crippen molar-refractivity contribution in [3.05, 3.63) is 35.4 Å². The zero-order chi connectivity index (χ0) is 17.7. The van der Waals surface area contributed by atoms with Gasteiger partial charge in [-0.3, -0.25) is 14.5 Å². The fourth-order valence-corrected chi connectivity index (χ4v) is 3.01. The van der Waals surface area contributed by atoms with Crippen molar-refractivity contribution in [1.29, 1.82) is 0 Å². The van der Waals surface area contributed by atoms with Gasteiger partial charge in [0.05, 0.1) is 12.5 Å². The van der Waals surface area contributed by atoms with E-state index in [9.17, 15) is 18.4 Å². The van der Waals surface area contributed by atoms with Crippen LogP contribution in [0, 0.1) is 17.6 Å². The minimum Gasteiger partial charge on any atom is -0.481 e. The summed E-state index contributed by atoms with van der Waals surface area (Å²) in [6.45, 7) is 2.79. The van der Waals surface area contributed by atoms with Crippen molar-refractivity contribution >= 4 is 24.3 Å². The highest BCUT2D eigenvalue weighted by Crippen LogP contribution is 2.16. The minimum absolute atomic E-state index is 0. The van der Waals surface area contributed by atoms with Crippen LogP contribution < -0.4 is 5.32 Å². The van der Waals surface area contributed by atoms with E-state index in [4.69, 9.17) is 5.11 Å². The Labute approximate surface area is 151 Å². The molecule has 2 rings (SSSR count). The molecule has 2 N–H and O–H groups in total. The number of nitrogens with one attached hydrogen (secondary N) is 1. The first-order valence-electron chi connectivity index (χ1n) is 8.04. The van der Waals surface area contributed by atoms with Crippen LogP contribution in [-0.4, -0.2) is 47.6 Å². The van der Waals surface area contributed by atoms with E-state index < -0.39 is 29.6 Å². The molecule has 25 heavy (non-hydrogen) atoms. The SMILES string of the molecule is CC(Cc1c(F)cccc1F)NC(=O)CN1CCCC(C(=O)O)C1.Cl. The molecule has 1 fully saturated rings. The number of carbonyl (C=O) groups excluding carboxylic acids is 1. The van der Waals surface area contributed by atoms with Gasteiger partial charge in [0.15, 0.2) is 0 Å². The number of carboxylic acids is 1. The van der Waals surface area contributed by atoms with Crippen molar-refractivity contribution in [2.75, 3.05) is 19.6 Å². The number of nitrogens with zero attached hydrogens (tertiary/aromatic N) is 1. The molecule has 1 aliphatic heterocycles. The lowest BCUT2D eigenvalue weighted by molar-refractivity contribution is -0.144. The average molecular weight is 377 g/mol. The predicted molar refractivity (Wildman–Crippen MR) is 91.7 cm³/mol. The van der Waals surface area contributed by atoms with Crippen LogP contribution in [0.2, 0.25) is 0 Å². The molecule has 0 aliphatic carbocycles. The Hall–Kier alpha value is -1.73. The molecule has 0 spiro atoms. The molecular formula is C17H23ClF2N2O3.